The fourth-order valence-corrected chi connectivity index (χ4v) is 4.82. The number of hydrogen-bond acceptors (Lipinski definition) is 4. The summed E-state index contributed by atoms with van der Waals surface area (Å²) in [6, 6.07) is 22.7. The number of hydrogen-bond donors (Lipinski definition) is 1. The molecule has 1 heterocycles. The molecule has 0 aliphatic carbocycles. The van der Waals surface area contributed by atoms with Crippen LogP contribution in [-0.4, -0.2) is 55.0 Å². The van der Waals surface area contributed by atoms with E-state index >= 15 is 0 Å². The van der Waals surface area contributed by atoms with Gasteiger partial charge in [0, 0.05) is 50.7 Å². The van der Waals surface area contributed by atoms with Gasteiger partial charge in [-0.15, -0.1) is 0 Å². The van der Waals surface area contributed by atoms with E-state index in [0.29, 0.717) is 13.0 Å². The number of nitrogens with zero attached hydrogens (tertiary/aromatic N) is 2. The van der Waals surface area contributed by atoms with E-state index in [0.717, 1.165) is 60.9 Å². The summed E-state index contributed by atoms with van der Waals surface area (Å²) in [5.41, 5.74) is 12.6. The van der Waals surface area contributed by atoms with Crippen LogP contribution in [0.3, 0.4) is 0 Å². The van der Waals surface area contributed by atoms with Crippen LogP contribution in [0.4, 0.5) is 5.69 Å². The number of aryl methyl sites for hydroxylation is 1. The SMILES string of the molecule is Cc1cc(OCCN2CCN(C(=O)CC(c3ccccc3)c3ccccc3)CC2)c(C)c(C)c1N. The van der Waals surface area contributed by atoms with Crippen LogP contribution >= 0.6 is 0 Å². The van der Waals surface area contributed by atoms with E-state index in [1.807, 2.05) is 61.2 Å². The smallest absolute Gasteiger partial charge is 0.223 e. The zero-order chi connectivity index (χ0) is 24.8. The van der Waals surface area contributed by atoms with Crippen molar-refractivity contribution in [2.45, 2.75) is 33.1 Å². The van der Waals surface area contributed by atoms with Crippen molar-refractivity contribution in [1.82, 2.24) is 9.80 Å². The van der Waals surface area contributed by atoms with Crippen LogP contribution in [0.25, 0.3) is 0 Å². The number of amides is 1. The van der Waals surface area contributed by atoms with E-state index in [-0.39, 0.29) is 11.8 Å². The minimum atomic E-state index is 0.0754. The minimum absolute atomic E-state index is 0.0754. The van der Waals surface area contributed by atoms with Crippen LogP contribution in [0.2, 0.25) is 0 Å². The predicted molar refractivity (Wildman–Crippen MR) is 143 cm³/mol. The highest BCUT2D eigenvalue weighted by molar-refractivity contribution is 5.78. The molecule has 35 heavy (non-hydrogen) atoms. The Labute approximate surface area is 209 Å². The highest BCUT2D eigenvalue weighted by atomic mass is 16.5. The number of anilines is 1. The van der Waals surface area contributed by atoms with E-state index in [9.17, 15) is 4.79 Å². The zero-order valence-corrected chi connectivity index (χ0v) is 21.2. The van der Waals surface area contributed by atoms with Gasteiger partial charge in [0.2, 0.25) is 5.91 Å². The summed E-state index contributed by atoms with van der Waals surface area (Å²) in [5.74, 6) is 1.21. The van der Waals surface area contributed by atoms with Crippen molar-refractivity contribution in [1.29, 1.82) is 0 Å². The van der Waals surface area contributed by atoms with Gasteiger partial charge in [0.1, 0.15) is 12.4 Å². The predicted octanol–water partition coefficient (Wildman–Crippen LogP) is 4.94. The summed E-state index contributed by atoms with van der Waals surface area (Å²) in [5, 5.41) is 0. The number of ether oxygens (including phenoxy) is 1. The van der Waals surface area contributed by atoms with Crippen LogP contribution in [0.15, 0.2) is 66.7 Å². The molecule has 2 N–H and O–H groups in total. The summed E-state index contributed by atoms with van der Waals surface area (Å²) in [7, 11) is 0. The molecule has 1 fully saturated rings. The number of carbonyl (C=O) groups excluding carboxylic acids is 1. The third-order valence-electron chi connectivity index (χ3n) is 7.28. The average molecular weight is 472 g/mol. The molecule has 5 nitrogen and oxygen atoms in total. The summed E-state index contributed by atoms with van der Waals surface area (Å²) >= 11 is 0. The molecule has 0 atom stereocenters. The normalized spacial score (nSPS) is 14.3. The van der Waals surface area contributed by atoms with Crippen molar-refractivity contribution in [3.05, 3.63) is 94.5 Å². The average Bonchev–Trinajstić information content (AvgIpc) is 2.90. The van der Waals surface area contributed by atoms with Crippen molar-refractivity contribution in [3.8, 4) is 5.75 Å². The van der Waals surface area contributed by atoms with Gasteiger partial charge in [0.05, 0.1) is 0 Å². The molecule has 0 radical (unpaired) electrons. The molecule has 4 rings (SSSR count). The molecule has 0 unspecified atom stereocenters. The first kappa shape index (κ1) is 24.8. The van der Waals surface area contributed by atoms with E-state index < -0.39 is 0 Å². The lowest BCUT2D eigenvalue weighted by molar-refractivity contribution is -0.133. The molecule has 3 aromatic carbocycles. The van der Waals surface area contributed by atoms with Gasteiger partial charge in [-0.2, -0.15) is 0 Å². The third kappa shape index (κ3) is 6.04. The van der Waals surface area contributed by atoms with Gasteiger partial charge in [0.15, 0.2) is 0 Å². The maximum Gasteiger partial charge on any atom is 0.223 e. The van der Waals surface area contributed by atoms with E-state index in [1.165, 1.54) is 11.1 Å². The van der Waals surface area contributed by atoms with Gasteiger partial charge in [-0.25, -0.2) is 0 Å². The van der Waals surface area contributed by atoms with E-state index in [2.05, 4.69) is 36.1 Å². The number of rotatable bonds is 8. The number of carbonyl (C=O) groups is 1. The van der Waals surface area contributed by atoms with Gasteiger partial charge in [-0.05, 0) is 54.7 Å². The first-order valence-electron chi connectivity index (χ1n) is 12.5. The minimum Gasteiger partial charge on any atom is -0.492 e. The summed E-state index contributed by atoms with van der Waals surface area (Å²) < 4.78 is 6.10. The molecular formula is C30H37N3O2. The lowest BCUT2D eigenvalue weighted by atomic mass is 9.88. The van der Waals surface area contributed by atoms with Crippen molar-refractivity contribution >= 4 is 11.6 Å². The Morgan fingerprint density at radius 2 is 1.46 bits per heavy atom. The van der Waals surface area contributed by atoms with Crippen LogP contribution in [0.1, 0.15) is 40.2 Å². The maximum absolute atomic E-state index is 13.3. The highest BCUT2D eigenvalue weighted by Crippen LogP contribution is 2.30. The Balaban J connectivity index is 1.29. The van der Waals surface area contributed by atoms with E-state index in [4.69, 9.17) is 10.5 Å². The van der Waals surface area contributed by atoms with Gasteiger partial charge < -0.3 is 15.4 Å². The van der Waals surface area contributed by atoms with Crippen LogP contribution in [0, 0.1) is 20.8 Å². The second kappa shape index (κ2) is 11.4. The van der Waals surface area contributed by atoms with Gasteiger partial charge in [0.25, 0.3) is 0 Å². The van der Waals surface area contributed by atoms with Crippen molar-refractivity contribution < 1.29 is 9.53 Å². The molecular weight excluding hydrogens is 434 g/mol. The summed E-state index contributed by atoms with van der Waals surface area (Å²) in [4.78, 5) is 17.7. The first-order valence-corrected chi connectivity index (χ1v) is 12.5. The van der Waals surface area contributed by atoms with Crippen molar-refractivity contribution in [2.24, 2.45) is 0 Å². The lowest BCUT2D eigenvalue weighted by Crippen LogP contribution is -2.49. The number of piperazine rings is 1. The largest absolute Gasteiger partial charge is 0.492 e. The second-order valence-corrected chi connectivity index (χ2v) is 9.50. The Morgan fingerprint density at radius 1 is 0.886 bits per heavy atom. The lowest BCUT2D eigenvalue weighted by Gasteiger charge is -2.35. The molecule has 1 aliphatic rings. The van der Waals surface area contributed by atoms with Crippen LogP contribution < -0.4 is 10.5 Å². The number of benzene rings is 3. The molecule has 0 aromatic heterocycles. The molecule has 184 valence electrons. The fraction of sp³-hybridized carbons (Fsp3) is 0.367. The van der Waals surface area contributed by atoms with Crippen molar-refractivity contribution in [3.63, 3.8) is 0 Å². The quantitative estimate of drug-likeness (QED) is 0.473. The monoisotopic (exact) mass is 471 g/mol. The molecule has 0 saturated carbocycles. The topological polar surface area (TPSA) is 58.8 Å². The Bertz CT molecular complexity index is 1080. The summed E-state index contributed by atoms with van der Waals surface area (Å²) in [6.45, 7) is 10.9. The molecule has 5 heteroatoms. The van der Waals surface area contributed by atoms with E-state index in [1.54, 1.807) is 0 Å². The summed E-state index contributed by atoms with van der Waals surface area (Å²) in [6.07, 6.45) is 0.492. The molecule has 3 aromatic rings. The van der Waals surface area contributed by atoms with Gasteiger partial charge >= 0.3 is 0 Å². The molecule has 1 amide bonds. The van der Waals surface area contributed by atoms with Gasteiger partial charge in [-0.3, -0.25) is 9.69 Å². The zero-order valence-electron chi connectivity index (χ0n) is 21.2. The number of nitrogen functional groups attached to an aromatic ring is 1. The second-order valence-electron chi connectivity index (χ2n) is 9.50. The van der Waals surface area contributed by atoms with Crippen molar-refractivity contribution in [2.75, 3.05) is 45.1 Å². The Hall–Kier alpha value is -3.31. The standard InChI is InChI=1S/C30H37N3O2/c1-22-20-28(23(2)24(3)30(22)31)35-19-18-32-14-16-33(17-15-32)29(34)21-27(25-10-6-4-7-11-25)26-12-8-5-9-13-26/h4-13,20,27H,14-19,21,31H2,1-3H3. The Morgan fingerprint density at radius 3 is 2.03 bits per heavy atom. The van der Waals surface area contributed by atoms with Gasteiger partial charge in [-0.1, -0.05) is 60.7 Å². The molecule has 0 spiro atoms. The molecule has 0 bridgehead atoms. The van der Waals surface area contributed by atoms with Crippen LogP contribution in [0.5, 0.6) is 5.75 Å². The fourth-order valence-electron chi connectivity index (χ4n) is 4.82. The number of nitrogens with two attached hydrogens (primary N) is 1. The molecule has 1 saturated heterocycles. The highest BCUT2D eigenvalue weighted by Gasteiger charge is 2.25. The van der Waals surface area contributed by atoms with Crippen LogP contribution in [-0.2, 0) is 4.79 Å². The maximum atomic E-state index is 13.3. The third-order valence-corrected chi connectivity index (χ3v) is 7.28. The Kier molecular flexibility index (Phi) is 8.09. The first-order chi connectivity index (χ1) is 16.9. The molecule has 1 aliphatic heterocycles.